The zero-order valence-electron chi connectivity index (χ0n) is 25.2. The lowest BCUT2D eigenvalue weighted by atomic mass is 9.96. The number of aromatic nitrogens is 1. The number of alkyl halides is 8. The van der Waals surface area contributed by atoms with E-state index in [1.807, 2.05) is 0 Å². The van der Waals surface area contributed by atoms with Crippen LogP contribution in [0.2, 0.25) is 0 Å². The van der Waals surface area contributed by atoms with Gasteiger partial charge in [0.1, 0.15) is 17.7 Å². The van der Waals surface area contributed by atoms with Crippen LogP contribution >= 0.6 is 0 Å². The Labute approximate surface area is 267 Å². The Bertz CT molecular complexity index is 1740. The van der Waals surface area contributed by atoms with Gasteiger partial charge in [-0.3, -0.25) is 9.69 Å². The van der Waals surface area contributed by atoms with Crippen molar-refractivity contribution in [3.63, 3.8) is 0 Å². The summed E-state index contributed by atoms with van der Waals surface area (Å²) in [7, 11) is 1.40. The van der Waals surface area contributed by atoms with Gasteiger partial charge in [0, 0.05) is 11.1 Å². The quantitative estimate of drug-likeness (QED) is 0.245. The molecule has 2 aliphatic heterocycles. The van der Waals surface area contributed by atoms with Crippen molar-refractivity contribution in [3.8, 4) is 16.9 Å². The number of cyclic esters (lactones) is 1. The molecule has 8 nitrogen and oxygen atoms in total. The maximum absolute atomic E-state index is 13.7. The minimum Gasteiger partial charge on any atom is -0.496 e. The summed E-state index contributed by atoms with van der Waals surface area (Å²) in [6, 6.07) is 8.01. The fraction of sp³-hybridized carbons (Fsp3) is 0.406. The highest BCUT2D eigenvalue weighted by Crippen LogP contribution is 2.50. The predicted molar refractivity (Wildman–Crippen MR) is 153 cm³/mol. The van der Waals surface area contributed by atoms with Gasteiger partial charge in [-0.1, -0.05) is 6.07 Å². The summed E-state index contributed by atoms with van der Waals surface area (Å²) in [4.78, 5) is 31.6. The highest BCUT2D eigenvalue weighted by molar-refractivity contribution is 5.78. The van der Waals surface area contributed by atoms with Gasteiger partial charge in [-0.25, -0.2) is 18.6 Å². The SMILES string of the molecule is COc1ccc([C@@H]2C[C@H]2C(=O)O)cc1-c1ccc(N2CC(F)(F)C2)nc1CN1C(=O)O[C@H](c2cc(C(F)(F)F)cc(C(F)(F)F)c2)[C@@H]1C. The Balaban J connectivity index is 1.38. The zero-order valence-corrected chi connectivity index (χ0v) is 25.2. The molecule has 0 spiro atoms. The Kier molecular flexibility index (Phi) is 7.98. The Hall–Kier alpha value is -4.63. The van der Waals surface area contributed by atoms with Gasteiger partial charge in [0.05, 0.1) is 55.5 Å². The van der Waals surface area contributed by atoms with Crippen molar-refractivity contribution in [3.05, 3.63) is 76.5 Å². The van der Waals surface area contributed by atoms with Gasteiger partial charge in [0.2, 0.25) is 0 Å². The van der Waals surface area contributed by atoms with Crippen LogP contribution in [0.3, 0.4) is 0 Å². The van der Waals surface area contributed by atoms with E-state index in [4.69, 9.17) is 9.47 Å². The summed E-state index contributed by atoms with van der Waals surface area (Å²) >= 11 is 0. The van der Waals surface area contributed by atoms with Crippen LogP contribution in [0.25, 0.3) is 11.1 Å². The molecule has 0 radical (unpaired) electrons. The lowest BCUT2D eigenvalue weighted by molar-refractivity contribution is -0.143. The summed E-state index contributed by atoms with van der Waals surface area (Å²) in [5.41, 5.74) is -1.99. The number of carbonyl (C=O) groups excluding carboxylic acids is 1. The first-order chi connectivity index (χ1) is 22.4. The highest BCUT2D eigenvalue weighted by atomic mass is 19.4. The molecule has 3 heterocycles. The number of pyridine rings is 1. The van der Waals surface area contributed by atoms with Gasteiger partial charge in [0.25, 0.3) is 5.92 Å². The van der Waals surface area contributed by atoms with Crippen molar-refractivity contribution in [2.75, 3.05) is 25.1 Å². The molecule has 3 fully saturated rings. The molecule has 16 heteroatoms. The molecule has 2 saturated heterocycles. The molecule has 256 valence electrons. The van der Waals surface area contributed by atoms with E-state index >= 15 is 0 Å². The summed E-state index contributed by atoms with van der Waals surface area (Å²) in [6.45, 7) is -0.208. The number of aliphatic carboxylic acids is 1. The summed E-state index contributed by atoms with van der Waals surface area (Å²) < 4.78 is 120. The van der Waals surface area contributed by atoms with Crippen LogP contribution in [-0.2, 0) is 28.4 Å². The standard InChI is InChI=1S/C32H27F8N3O5/c1-15-27(17-7-18(31(35,36)37)10-19(8-17)32(38,39)40)48-29(46)43(15)12-24-20(4-6-26(41-24)42-13-30(33,34)14-42)22-9-16(3-5-25(22)47-2)21-11-23(21)28(44)45/h3-10,15,21,23,27H,11-14H2,1-2H3,(H,44,45)/t15-,21-,23+,27-/m0/s1. The molecule has 3 aliphatic rings. The van der Waals surface area contributed by atoms with Crippen LogP contribution in [0.4, 0.5) is 45.7 Å². The van der Waals surface area contributed by atoms with Crippen LogP contribution in [0.5, 0.6) is 5.75 Å². The normalized spacial score (nSPS) is 23.5. The fourth-order valence-corrected chi connectivity index (χ4v) is 6.17. The van der Waals surface area contributed by atoms with Crippen LogP contribution in [-0.4, -0.2) is 59.2 Å². The third-order valence-corrected chi connectivity index (χ3v) is 8.83. The van der Waals surface area contributed by atoms with Gasteiger partial charge in [-0.05, 0) is 72.9 Å². The lowest BCUT2D eigenvalue weighted by Gasteiger charge is -2.39. The number of hydrogen-bond acceptors (Lipinski definition) is 6. The molecule has 1 N–H and O–H groups in total. The number of rotatable bonds is 8. The number of carboxylic acids is 1. The number of methoxy groups -OCH3 is 1. The molecule has 0 bridgehead atoms. The van der Waals surface area contributed by atoms with Gasteiger partial charge >= 0.3 is 24.4 Å². The second-order valence-electron chi connectivity index (χ2n) is 12.1. The van der Waals surface area contributed by atoms with E-state index in [1.54, 1.807) is 24.3 Å². The molecule has 48 heavy (non-hydrogen) atoms. The molecular weight excluding hydrogens is 658 g/mol. The molecule has 4 atom stereocenters. The molecule has 2 aromatic carbocycles. The number of nitrogens with zero attached hydrogens (tertiary/aromatic N) is 3. The second-order valence-corrected chi connectivity index (χ2v) is 12.1. The van der Waals surface area contributed by atoms with Gasteiger partial charge < -0.3 is 19.5 Å². The summed E-state index contributed by atoms with van der Waals surface area (Å²) in [6.07, 6.45) is -12.4. The van der Waals surface area contributed by atoms with Crippen LogP contribution in [0, 0.1) is 5.92 Å². The van der Waals surface area contributed by atoms with Crippen molar-refractivity contribution in [1.82, 2.24) is 9.88 Å². The zero-order chi connectivity index (χ0) is 34.9. The molecule has 1 aromatic heterocycles. The Morgan fingerprint density at radius 2 is 1.62 bits per heavy atom. The number of anilines is 1. The average molecular weight is 686 g/mol. The van der Waals surface area contributed by atoms with E-state index in [1.165, 1.54) is 25.0 Å². The van der Waals surface area contributed by atoms with E-state index in [9.17, 15) is 49.8 Å². The molecule has 6 rings (SSSR count). The van der Waals surface area contributed by atoms with Crippen molar-refractivity contribution in [2.45, 2.75) is 56.2 Å². The van der Waals surface area contributed by atoms with Crippen molar-refractivity contribution >= 4 is 17.9 Å². The molecule has 1 amide bonds. The number of carboxylic acid groups (broad SMARTS) is 1. The highest BCUT2D eigenvalue weighted by Gasteiger charge is 2.47. The van der Waals surface area contributed by atoms with E-state index < -0.39 is 78.2 Å². The van der Waals surface area contributed by atoms with Gasteiger partial charge in [-0.2, -0.15) is 26.3 Å². The molecular formula is C32H27F8N3O5. The average Bonchev–Trinajstić information content (AvgIpc) is 3.76. The third-order valence-electron chi connectivity index (χ3n) is 8.83. The van der Waals surface area contributed by atoms with Crippen LogP contribution in [0.15, 0.2) is 48.5 Å². The first kappa shape index (κ1) is 33.3. The first-order valence-electron chi connectivity index (χ1n) is 14.7. The van der Waals surface area contributed by atoms with Gasteiger partial charge in [-0.15, -0.1) is 0 Å². The number of benzene rings is 2. The lowest BCUT2D eigenvalue weighted by Crippen LogP contribution is -2.56. The van der Waals surface area contributed by atoms with E-state index in [-0.39, 0.29) is 30.0 Å². The minimum atomic E-state index is -5.12. The smallest absolute Gasteiger partial charge is 0.416 e. The predicted octanol–water partition coefficient (Wildman–Crippen LogP) is 7.52. The van der Waals surface area contributed by atoms with Crippen LogP contribution < -0.4 is 9.64 Å². The summed E-state index contributed by atoms with van der Waals surface area (Å²) in [5.74, 6) is -4.25. The third kappa shape index (κ3) is 6.31. The maximum atomic E-state index is 13.7. The first-order valence-corrected chi connectivity index (χ1v) is 14.7. The van der Waals surface area contributed by atoms with Crippen molar-refractivity contribution in [2.24, 2.45) is 5.92 Å². The van der Waals surface area contributed by atoms with E-state index in [2.05, 4.69) is 4.98 Å². The van der Waals surface area contributed by atoms with Crippen molar-refractivity contribution < 1.29 is 59.3 Å². The Morgan fingerprint density at radius 1 is 0.979 bits per heavy atom. The topological polar surface area (TPSA) is 92.2 Å². The molecule has 1 saturated carbocycles. The number of ether oxygens (including phenoxy) is 2. The second kappa shape index (κ2) is 11.5. The van der Waals surface area contributed by atoms with Crippen molar-refractivity contribution in [1.29, 1.82) is 0 Å². The van der Waals surface area contributed by atoms with Crippen LogP contribution in [0.1, 0.15) is 53.3 Å². The molecule has 3 aromatic rings. The fourth-order valence-electron chi connectivity index (χ4n) is 6.17. The number of halogens is 8. The van der Waals surface area contributed by atoms with E-state index in [0.717, 1.165) is 4.90 Å². The number of hydrogen-bond donors (Lipinski definition) is 1. The molecule has 0 unspecified atom stereocenters. The van der Waals surface area contributed by atoms with Gasteiger partial charge in [0.15, 0.2) is 0 Å². The Morgan fingerprint density at radius 3 is 2.17 bits per heavy atom. The monoisotopic (exact) mass is 685 g/mol. The number of carbonyl (C=O) groups is 2. The largest absolute Gasteiger partial charge is 0.496 e. The number of amides is 1. The molecule has 1 aliphatic carbocycles. The minimum absolute atomic E-state index is 0.0223. The maximum Gasteiger partial charge on any atom is 0.416 e. The van der Waals surface area contributed by atoms with E-state index in [0.29, 0.717) is 41.0 Å². The summed E-state index contributed by atoms with van der Waals surface area (Å²) in [5, 5.41) is 9.43.